The zero-order chi connectivity index (χ0) is 40.2. The monoisotopic (exact) mass is 761 g/mol. The number of unbranched alkanes of at least 4 members (excludes halogenated alkanes) is 26. The van der Waals surface area contributed by atoms with E-state index in [1.54, 1.807) is 0 Å². The molecule has 0 spiro atoms. The van der Waals surface area contributed by atoms with E-state index in [0.717, 1.165) is 116 Å². The van der Waals surface area contributed by atoms with Crippen LogP contribution in [-0.4, -0.2) is 66.5 Å². The molecule has 0 atom stereocenters. The average Bonchev–Trinajstić information content (AvgIpc) is 3.08. The van der Waals surface area contributed by atoms with Crippen molar-refractivity contribution in [3.8, 4) is 0 Å². The molecule has 0 saturated heterocycles. The number of hydrogen-bond donors (Lipinski definition) is 6. The predicted octanol–water partition coefficient (Wildman–Crippen LogP) is 11.1. The third kappa shape index (κ3) is 64.2. The van der Waals surface area contributed by atoms with E-state index in [2.05, 4.69) is 0 Å². The van der Waals surface area contributed by atoms with Crippen molar-refractivity contribution in [2.24, 2.45) is 0 Å². The molecule has 0 radical (unpaired) electrons. The number of hydrogen-bond acceptors (Lipinski definition) is 6. The SMILES string of the molecule is O=C(O)CCCCCCCCCCCC(=O)O.O=C(O)CCCCCCCCCCCCC(=O)O.O=C(O)CCCCCCCCCCCCC(=O)O. The van der Waals surface area contributed by atoms with Gasteiger partial charge in [0.1, 0.15) is 0 Å². The molecule has 0 aliphatic heterocycles. The summed E-state index contributed by atoms with van der Waals surface area (Å²) in [6.07, 6.45) is 32.5. The molecule has 0 aromatic heterocycles. The predicted molar refractivity (Wildman–Crippen MR) is 207 cm³/mol. The highest BCUT2D eigenvalue weighted by Crippen LogP contribution is 2.14. The topological polar surface area (TPSA) is 224 Å². The van der Waals surface area contributed by atoms with Gasteiger partial charge in [0.05, 0.1) is 0 Å². The average molecular weight is 761 g/mol. The third-order valence-electron chi connectivity index (χ3n) is 8.84. The Morgan fingerprint density at radius 2 is 0.245 bits per heavy atom. The van der Waals surface area contributed by atoms with Crippen molar-refractivity contribution < 1.29 is 59.4 Å². The fourth-order valence-electron chi connectivity index (χ4n) is 5.72. The zero-order valence-corrected chi connectivity index (χ0v) is 32.9. The van der Waals surface area contributed by atoms with Crippen LogP contribution in [0, 0.1) is 0 Å². The Morgan fingerprint density at radius 3 is 0.321 bits per heavy atom. The lowest BCUT2D eigenvalue weighted by molar-refractivity contribution is -0.138. The van der Waals surface area contributed by atoms with Gasteiger partial charge in [-0.25, -0.2) is 0 Å². The van der Waals surface area contributed by atoms with Crippen LogP contribution in [0.2, 0.25) is 0 Å². The van der Waals surface area contributed by atoms with E-state index in [1.165, 1.54) is 70.6 Å². The largest absolute Gasteiger partial charge is 0.481 e. The molecular formula is C41H76O12. The highest BCUT2D eigenvalue weighted by atomic mass is 16.4. The molecule has 312 valence electrons. The third-order valence-corrected chi connectivity index (χ3v) is 8.84. The molecule has 0 heterocycles. The first-order chi connectivity index (χ1) is 25.4. The van der Waals surface area contributed by atoms with Gasteiger partial charge >= 0.3 is 35.8 Å². The molecule has 0 aliphatic rings. The van der Waals surface area contributed by atoms with Crippen LogP contribution in [0.1, 0.15) is 225 Å². The molecule has 0 aromatic carbocycles. The minimum absolute atomic E-state index is 0.287. The first-order valence-electron chi connectivity index (χ1n) is 20.7. The summed E-state index contributed by atoms with van der Waals surface area (Å²) in [5.74, 6) is -4.20. The maximum Gasteiger partial charge on any atom is 0.303 e. The highest BCUT2D eigenvalue weighted by molar-refractivity contribution is 5.68. The number of carboxylic acids is 6. The highest BCUT2D eigenvalue weighted by Gasteiger charge is 2.01. The molecule has 12 nitrogen and oxygen atoms in total. The van der Waals surface area contributed by atoms with Gasteiger partial charge in [-0.3, -0.25) is 28.8 Å². The zero-order valence-electron chi connectivity index (χ0n) is 32.9. The summed E-state index contributed by atoms with van der Waals surface area (Å²) in [6, 6.07) is 0. The Labute approximate surface area is 319 Å². The van der Waals surface area contributed by atoms with Crippen LogP contribution in [0.3, 0.4) is 0 Å². The molecule has 0 aliphatic carbocycles. The Morgan fingerprint density at radius 1 is 0.170 bits per heavy atom. The number of aliphatic carboxylic acids is 6. The van der Waals surface area contributed by atoms with E-state index in [-0.39, 0.29) is 12.8 Å². The van der Waals surface area contributed by atoms with E-state index in [9.17, 15) is 28.8 Å². The summed E-state index contributed by atoms with van der Waals surface area (Å²) in [5, 5.41) is 50.7. The molecule has 0 unspecified atom stereocenters. The molecular weight excluding hydrogens is 684 g/mol. The summed E-state index contributed by atoms with van der Waals surface area (Å²) in [6.45, 7) is 0. The van der Waals surface area contributed by atoms with Gasteiger partial charge in [-0.2, -0.15) is 0 Å². The second kappa shape index (κ2) is 45.0. The van der Waals surface area contributed by atoms with E-state index in [4.69, 9.17) is 30.6 Å². The van der Waals surface area contributed by atoms with Gasteiger partial charge in [0, 0.05) is 38.5 Å². The summed E-state index contributed by atoms with van der Waals surface area (Å²) in [5.41, 5.74) is 0. The van der Waals surface area contributed by atoms with E-state index >= 15 is 0 Å². The summed E-state index contributed by atoms with van der Waals surface area (Å²) < 4.78 is 0. The molecule has 0 saturated carbocycles. The van der Waals surface area contributed by atoms with Gasteiger partial charge in [-0.05, 0) is 38.5 Å². The maximum atomic E-state index is 10.3. The van der Waals surface area contributed by atoms with Crippen LogP contribution in [0.25, 0.3) is 0 Å². The quantitative estimate of drug-likeness (QED) is 0.0323. The maximum absolute atomic E-state index is 10.3. The van der Waals surface area contributed by atoms with E-state index < -0.39 is 35.8 Å². The van der Waals surface area contributed by atoms with Gasteiger partial charge in [0.25, 0.3) is 0 Å². The smallest absolute Gasteiger partial charge is 0.303 e. The molecule has 0 aromatic rings. The number of rotatable bonds is 38. The minimum Gasteiger partial charge on any atom is -0.481 e. The van der Waals surface area contributed by atoms with Crippen LogP contribution in [0.15, 0.2) is 0 Å². The summed E-state index contributed by atoms with van der Waals surface area (Å²) in [4.78, 5) is 61.5. The molecule has 0 amide bonds. The Hall–Kier alpha value is -3.18. The second-order valence-corrected chi connectivity index (χ2v) is 14.1. The summed E-state index contributed by atoms with van der Waals surface area (Å²) >= 11 is 0. The Kier molecular flexibility index (Phi) is 46.0. The van der Waals surface area contributed by atoms with Gasteiger partial charge in [-0.1, -0.05) is 148 Å². The van der Waals surface area contributed by atoms with Crippen LogP contribution < -0.4 is 0 Å². The van der Waals surface area contributed by atoms with Crippen molar-refractivity contribution in [1.82, 2.24) is 0 Å². The van der Waals surface area contributed by atoms with Crippen molar-refractivity contribution in [2.75, 3.05) is 0 Å². The van der Waals surface area contributed by atoms with Crippen LogP contribution >= 0.6 is 0 Å². The normalized spacial score (nSPS) is 10.4. The molecule has 0 bridgehead atoms. The molecule has 6 N–H and O–H groups in total. The minimum atomic E-state index is -0.705. The van der Waals surface area contributed by atoms with Gasteiger partial charge in [-0.15, -0.1) is 0 Å². The van der Waals surface area contributed by atoms with Crippen molar-refractivity contribution in [3.63, 3.8) is 0 Å². The van der Waals surface area contributed by atoms with Crippen molar-refractivity contribution in [2.45, 2.75) is 225 Å². The first kappa shape index (κ1) is 54.2. The molecule has 0 fully saturated rings. The summed E-state index contributed by atoms with van der Waals surface area (Å²) in [7, 11) is 0. The number of carboxylic acid groups (broad SMARTS) is 6. The first-order valence-corrected chi connectivity index (χ1v) is 20.7. The second-order valence-electron chi connectivity index (χ2n) is 14.1. The van der Waals surface area contributed by atoms with Crippen LogP contribution in [-0.2, 0) is 28.8 Å². The van der Waals surface area contributed by atoms with Crippen LogP contribution in [0.4, 0.5) is 0 Å². The fourth-order valence-corrected chi connectivity index (χ4v) is 5.72. The lowest BCUT2D eigenvalue weighted by atomic mass is 10.1. The van der Waals surface area contributed by atoms with Crippen molar-refractivity contribution in [1.29, 1.82) is 0 Å². The van der Waals surface area contributed by atoms with Gasteiger partial charge < -0.3 is 30.6 Å². The Bertz CT molecular complexity index is 772. The molecule has 0 rings (SSSR count). The van der Waals surface area contributed by atoms with Crippen molar-refractivity contribution >= 4 is 35.8 Å². The standard InChI is InChI=1S/2C14H26O4.C13H24O4/c2*15-13(16)11-9-7-5-3-1-2-4-6-8-10-12-14(17)18;14-12(15)10-8-6-4-2-1-3-5-7-9-11-13(16)17/h2*1-12H2,(H,15,16)(H,17,18);1-11H2,(H,14,15)(H,16,17). The van der Waals surface area contributed by atoms with Crippen molar-refractivity contribution in [3.05, 3.63) is 0 Å². The van der Waals surface area contributed by atoms with Crippen LogP contribution in [0.5, 0.6) is 0 Å². The lowest BCUT2D eigenvalue weighted by Crippen LogP contribution is -1.94. The molecule has 53 heavy (non-hydrogen) atoms. The van der Waals surface area contributed by atoms with Gasteiger partial charge in [0.15, 0.2) is 0 Å². The lowest BCUT2D eigenvalue weighted by Gasteiger charge is -2.01. The number of carbonyl (C=O) groups is 6. The fraction of sp³-hybridized carbons (Fsp3) is 0.854. The van der Waals surface area contributed by atoms with E-state index in [1.807, 2.05) is 0 Å². The molecule has 12 heteroatoms. The Balaban J connectivity index is -0.000000708. The van der Waals surface area contributed by atoms with E-state index in [0.29, 0.717) is 25.7 Å². The van der Waals surface area contributed by atoms with Gasteiger partial charge in [0.2, 0.25) is 0 Å².